The highest BCUT2D eigenvalue weighted by molar-refractivity contribution is 9.10. The van der Waals surface area contributed by atoms with Crippen LogP contribution in [-0.4, -0.2) is 16.1 Å². The van der Waals surface area contributed by atoms with Crippen molar-refractivity contribution in [3.8, 4) is 0 Å². The van der Waals surface area contributed by atoms with Gasteiger partial charge in [0.2, 0.25) is 0 Å². The number of rotatable bonds is 5. The SMILES string of the molecule is Cc1ccc(CNc2ccc(NC(=O)c3cccc(Br)c3)nn2)cc1. The van der Waals surface area contributed by atoms with E-state index in [1.807, 2.05) is 12.1 Å². The van der Waals surface area contributed by atoms with Crippen LogP contribution >= 0.6 is 15.9 Å². The first-order valence-corrected chi connectivity index (χ1v) is 8.59. The molecule has 0 unspecified atom stereocenters. The molecule has 5 nitrogen and oxygen atoms in total. The molecule has 0 aliphatic carbocycles. The lowest BCUT2D eigenvalue weighted by Crippen LogP contribution is -2.13. The Bertz CT molecular complexity index is 863. The third-order valence-electron chi connectivity index (χ3n) is 3.59. The number of aromatic nitrogens is 2. The Hall–Kier alpha value is -2.73. The van der Waals surface area contributed by atoms with E-state index in [4.69, 9.17) is 0 Å². The molecule has 0 bridgehead atoms. The molecular formula is C19H17BrN4O. The molecule has 0 atom stereocenters. The van der Waals surface area contributed by atoms with E-state index >= 15 is 0 Å². The van der Waals surface area contributed by atoms with Crippen LogP contribution in [0.25, 0.3) is 0 Å². The normalized spacial score (nSPS) is 10.3. The number of hydrogen-bond acceptors (Lipinski definition) is 4. The van der Waals surface area contributed by atoms with Gasteiger partial charge in [0.15, 0.2) is 5.82 Å². The van der Waals surface area contributed by atoms with Crippen LogP contribution in [-0.2, 0) is 6.54 Å². The average molecular weight is 397 g/mol. The maximum atomic E-state index is 12.2. The van der Waals surface area contributed by atoms with Crippen molar-refractivity contribution in [3.63, 3.8) is 0 Å². The van der Waals surface area contributed by atoms with Gasteiger partial charge in [0.25, 0.3) is 5.91 Å². The summed E-state index contributed by atoms with van der Waals surface area (Å²) >= 11 is 3.35. The molecular weight excluding hydrogens is 380 g/mol. The quantitative estimate of drug-likeness (QED) is 0.669. The van der Waals surface area contributed by atoms with Gasteiger partial charge in [-0.3, -0.25) is 4.79 Å². The Balaban J connectivity index is 1.58. The number of benzene rings is 2. The molecule has 25 heavy (non-hydrogen) atoms. The van der Waals surface area contributed by atoms with E-state index in [9.17, 15) is 4.79 Å². The Morgan fingerprint density at radius 2 is 1.72 bits per heavy atom. The van der Waals surface area contributed by atoms with Gasteiger partial charge in [-0.25, -0.2) is 0 Å². The van der Waals surface area contributed by atoms with Crippen molar-refractivity contribution >= 4 is 33.5 Å². The molecule has 0 aliphatic rings. The molecule has 126 valence electrons. The van der Waals surface area contributed by atoms with E-state index in [2.05, 4.69) is 68.0 Å². The van der Waals surface area contributed by atoms with Crippen molar-refractivity contribution in [2.24, 2.45) is 0 Å². The van der Waals surface area contributed by atoms with E-state index in [1.165, 1.54) is 11.1 Å². The minimum Gasteiger partial charge on any atom is -0.365 e. The summed E-state index contributed by atoms with van der Waals surface area (Å²) in [5.41, 5.74) is 2.95. The van der Waals surface area contributed by atoms with Crippen LogP contribution in [0.5, 0.6) is 0 Å². The first kappa shape index (κ1) is 17.1. The first-order valence-electron chi connectivity index (χ1n) is 7.80. The highest BCUT2D eigenvalue weighted by Gasteiger charge is 2.07. The van der Waals surface area contributed by atoms with Gasteiger partial charge in [0.05, 0.1) is 0 Å². The monoisotopic (exact) mass is 396 g/mol. The lowest BCUT2D eigenvalue weighted by Gasteiger charge is -2.07. The maximum Gasteiger partial charge on any atom is 0.256 e. The van der Waals surface area contributed by atoms with Gasteiger partial charge in [-0.2, -0.15) is 0 Å². The zero-order chi connectivity index (χ0) is 17.6. The molecule has 0 fully saturated rings. The summed E-state index contributed by atoms with van der Waals surface area (Å²) in [6, 6.07) is 19.0. The molecule has 0 aliphatic heterocycles. The second-order valence-electron chi connectivity index (χ2n) is 5.61. The summed E-state index contributed by atoms with van der Waals surface area (Å²) in [5.74, 6) is 0.836. The van der Waals surface area contributed by atoms with Gasteiger partial charge in [-0.05, 0) is 42.8 Å². The van der Waals surface area contributed by atoms with Crippen LogP contribution in [0.4, 0.5) is 11.6 Å². The third-order valence-corrected chi connectivity index (χ3v) is 4.08. The molecule has 2 N–H and O–H groups in total. The Morgan fingerprint density at radius 3 is 2.40 bits per heavy atom. The van der Waals surface area contributed by atoms with E-state index < -0.39 is 0 Å². The van der Waals surface area contributed by atoms with E-state index in [1.54, 1.807) is 24.3 Å². The molecule has 0 saturated carbocycles. The van der Waals surface area contributed by atoms with Gasteiger partial charge < -0.3 is 10.6 Å². The van der Waals surface area contributed by atoms with E-state index in [0.717, 1.165) is 4.47 Å². The molecule has 3 rings (SSSR count). The van der Waals surface area contributed by atoms with Crippen molar-refractivity contribution in [3.05, 3.63) is 81.8 Å². The summed E-state index contributed by atoms with van der Waals surface area (Å²) in [6.07, 6.45) is 0. The number of amides is 1. The largest absolute Gasteiger partial charge is 0.365 e. The zero-order valence-corrected chi connectivity index (χ0v) is 15.2. The fraction of sp³-hybridized carbons (Fsp3) is 0.105. The fourth-order valence-corrected chi connectivity index (χ4v) is 2.61. The van der Waals surface area contributed by atoms with Crippen LogP contribution in [0.1, 0.15) is 21.5 Å². The molecule has 2 aromatic carbocycles. The lowest BCUT2D eigenvalue weighted by molar-refractivity contribution is 0.102. The number of carbonyl (C=O) groups excluding carboxylic acids is 1. The minimum absolute atomic E-state index is 0.226. The molecule has 0 saturated heterocycles. The lowest BCUT2D eigenvalue weighted by atomic mass is 10.1. The van der Waals surface area contributed by atoms with Crippen LogP contribution in [0.3, 0.4) is 0 Å². The van der Waals surface area contributed by atoms with Crippen molar-refractivity contribution in [1.82, 2.24) is 10.2 Å². The molecule has 3 aromatic rings. The predicted octanol–water partition coefficient (Wildman–Crippen LogP) is 4.41. The second kappa shape index (κ2) is 7.90. The topological polar surface area (TPSA) is 66.9 Å². The molecule has 1 aromatic heterocycles. The van der Waals surface area contributed by atoms with Crippen molar-refractivity contribution in [2.75, 3.05) is 10.6 Å². The highest BCUT2D eigenvalue weighted by Crippen LogP contribution is 2.14. The number of nitrogens with zero attached hydrogens (tertiary/aromatic N) is 2. The summed E-state index contributed by atoms with van der Waals surface area (Å²) in [5, 5.41) is 14.1. The highest BCUT2D eigenvalue weighted by atomic mass is 79.9. The first-order chi connectivity index (χ1) is 12.1. The predicted molar refractivity (Wildman–Crippen MR) is 103 cm³/mol. The fourth-order valence-electron chi connectivity index (χ4n) is 2.21. The third kappa shape index (κ3) is 4.87. The van der Waals surface area contributed by atoms with Crippen molar-refractivity contribution in [2.45, 2.75) is 13.5 Å². The van der Waals surface area contributed by atoms with Crippen LogP contribution in [0, 0.1) is 6.92 Å². The zero-order valence-electron chi connectivity index (χ0n) is 13.7. The van der Waals surface area contributed by atoms with Gasteiger partial charge in [0.1, 0.15) is 5.82 Å². The van der Waals surface area contributed by atoms with Crippen LogP contribution in [0.2, 0.25) is 0 Å². The number of halogens is 1. The summed E-state index contributed by atoms with van der Waals surface area (Å²) in [6.45, 7) is 2.72. The number of aryl methyl sites for hydroxylation is 1. The summed E-state index contributed by atoms with van der Waals surface area (Å²) in [7, 11) is 0. The Morgan fingerprint density at radius 1 is 1.00 bits per heavy atom. The Kier molecular flexibility index (Phi) is 5.40. The average Bonchev–Trinajstić information content (AvgIpc) is 2.62. The van der Waals surface area contributed by atoms with Gasteiger partial charge in [-0.1, -0.05) is 51.8 Å². The Labute approximate surface area is 154 Å². The number of hydrogen-bond donors (Lipinski definition) is 2. The van der Waals surface area contributed by atoms with Crippen molar-refractivity contribution < 1.29 is 4.79 Å². The summed E-state index contributed by atoms with van der Waals surface area (Å²) in [4.78, 5) is 12.2. The van der Waals surface area contributed by atoms with Gasteiger partial charge in [0, 0.05) is 16.6 Å². The summed E-state index contributed by atoms with van der Waals surface area (Å²) < 4.78 is 0.849. The second-order valence-corrected chi connectivity index (χ2v) is 6.52. The smallest absolute Gasteiger partial charge is 0.256 e. The molecule has 1 heterocycles. The maximum absolute atomic E-state index is 12.2. The molecule has 0 spiro atoms. The standard InChI is InChI=1S/C19H17BrN4O/c1-13-5-7-14(8-6-13)12-21-17-9-10-18(24-23-17)22-19(25)15-3-2-4-16(20)11-15/h2-11H,12H2,1H3,(H,21,23)(H,22,24,25). The molecule has 6 heteroatoms. The number of carbonyl (C=O) groups is 1. The van der Waals surface area contributed by atoms with E-state index in [0.29, 0.717) is 23.7 Å². The van der Waals surface area contributed by atoms with Gasteiger partial charge >= 0.3 is 0 Å². The van der Waals surface area contributed by atoms with Gasteiger partial charge in [-0.15, -0.1) is 10.2 Å². The number of anilines is 2. The molecule has 0 radical (unpaired) electrons. The van der Waals surface area contributed by atoms with Crippen LogP contribution < -0.4 is 10.6 Å². The number of nitrogens with one attached hydrogen (secondary N) is 2. The minimum atomic E-state index is -0.226. The van der Waals surface area contributed by atoms with Crippen LogP contribution in [0.15, 0.2) is 65.1 Å². The van der Waals surface area contributed by atoms with Crippen molar-refractivity contribution in [1.29, 1.82) is 0 Å². The van der Waals surface area contributed by atoms with E-state index in [-0.39, 0.29) is 5.91 Å². The molecule has 1 amide bonds.